The first-order chi connectivity index (χ1) is 12.9. The van der Waals surface area contributed by atoms with E-state index in [-0.39, 0.29) is 18.5 Å². The minimum Gasteiger partial charge on any atom is -0.353 e. The zero-order valence-electron chi connectivity index (χ0n) is 17.0. The van der Waals surface area contributed by atoms with Crippen LogP contribution >= 0.6 is 0 Å². The number of rotatable bonds is 4. The van der Waals surface area contributed by atoms with Crippen molar-refractivity contribution in [3.63, 3.8) is 0 Å². The van der Waals surface area contributed by atoms with Crippen LogP contribution in [-0.2, 0) is 17.8 Å². The monoisotopic (exact) mass is 375 g/mol. The molecule has 3 rings (SSSR count). The number of carbonyl (C=O) groups is 1. The molecule has 0 radical (unpaired) electrons. The molecule has 3 unspecified atom stereocenters. The highest BCUT2D eigenvalue weighted by molar-refractivity contribution is 5.85. The summed E-state index contributed by atoms with van der Waals surface area (Å²) in [6.45, 7) is 5.16. The molecule has 3 atom stereocenters. The highest BCUT2D eigenvalue weighted by Gasteiger charge is 2.25. The Bertz CT molecular complexity index is 682. The van der Waals surface area contributed by atoms with Gasteiger partial charge in [0.05, 0.1) is 6.54 Å². The normalized spacial score (nSPS) is 25.6. The third-order valence-corrected chi connectivity index (χ3v) is 5.61. The van der Waals surface area contributed by atoms with Crippen molar-refractivity contribution < 1.29 is 4.79 Å². The summed E-state index contributed by atoms with van der Waals surface area (Å²) in [4.78, 5) is 22.6. The number of hydrogen-bond donors (Lipinski definition) is 2. The van der Waals surface area contributed by atoms with E-state index in [9.17, 15) is 4.79 Å². The number of carbonyl (C=O) groups excluding carboxylic acids is 1. The van der Waals surface area contributed by atoms with Crippen LogP contribution in [0.4, 0.5) is 0 Å². The van der Waals surface area contributed by atoms with Gasteiger partial charge >= 0.3 is 0 Å². The lowest BCUT2D eigenvalue weighted by Crippen LogP contribution is -2.52. The standard InChI is InChI=1S/C19H33N7O/c1-13-7-5-6-8-16(13)23-19(20-11-18(27)25(3)4)22-15-9-10-17-21-14(2)24-26(17)12-15/h13,15-16H,5-12H2,1-4H3,(H2,20,22,23). The summed E-state index contributed by atoms with van der Waals surface area (Å²) in [5.74, 6) is 3.25. The minimum atomic E-state index is 0.00521. The number of aliphatic imine (C=N–C) groups is 1. The van der Waals surface area contributed by atoms with Gasteiger partial charge in [-0.2, -0.15) is 5.10 Å². The highest BCUT2D eigenvalue weighted by atomic mass is 16.2. The third kappa shape index (κ3) is 5.20. The van der Waals surface area contributed by atoms with Gasteiger partial charge < -0.3 is 15.5 Å². The maximum absolute atomic E-state index is 12.0. The summed E-state index contributed by atoms with van der Waals surface area (Å²) in [6.07, 6.45) is 6.84. The number of hydrogen-bond acceptors (Lipinski definition) is 4. The SMILES string of the molecule is Cc1nc2n(n1)CC(NC(=NCC(=O)N(C)C)NC1CCCCC1C)CC2. The van der Waals surface area contributed by atoms with Gasteiger partial charge in [0.15, 0.2) is 5.96 Å². The van der Waals surface area contributed by atoms with Crippen LogP contribution in [0.25, 0.3) is 0 Å². The zero-order valence-corrected chi connectivity index (χ0v) is 17.0. The van der Waals surface area contributed by atoms with Crippen molar-refractivity contribution in [1.29, 1.82) is 0 Å². The Balaban J connectivity index is 1.67. The largest absolute Gasteiger partial charge is 0.353 e. The molecule has 8 heteroatoms. The highest BCUT2D eigenvalue weighted by Crippen LogP contribution is 2.23. The number of amides is 1. The molecule has 2 aliphatic rings. The van der Waals surface area contributed by atoms with E-state index in [2.05, 4.69) is 32.6 Å². The average Bonchev–Trinajstić information content (AvgIpc) is 3.00. The first-order valence-electron chi connectivity index (χ1n) is 10.1. The van der Waals surface area contributed by atoms with Crippen LogP contribution < -0.4 is 10.6 Å². The Morgan fingerprint density at radius 1 is 1.26 bits per heavy atom. The molecule has 2 N–H and O–H groups in total. The van der Waals surface area contributed by atoms with Crippen molar-refractivity contribution in [2.24, 2.45) is 10.9 Å². The Morgan fingerprint density at radius 2 is 2.04 bits per heavy atom. The lowest BCUT2D eigenvalue weighted by atomic mass is 9.86. The van der Waals surface area contributed by atoms with Crippen molar-refractivity contribution in [1.82, 2.24) is 30.3 Å². The fraction of sp³-hybridized carbons (Fsp3) is 0.789. The molecule has 0 saturated heterocycles. The van der Waals surface area contributed by atoms with Crippen LogP contribution in [0.15, 0.2) is 4.99 Å². The number of guanidine groups is 1. The Hall–Kier alpha value is -2.12. The summed E-state index contributed by atoms with van der Waals surface area (Å²) in [5, 5.41) is 11.6. The number of nitrogens with one attached hydrogen (secondary N) is 2. The molecule has 1 fully saturated rings. The molecular formula is C19H33N7O. The average molecular weight is 376 g/mol. The van der Waals surface area contributed by atoms with E-state index in [1.165, 1.54) is 19.3 Å². The van der Waals surface area contributed by atoms with Crippen molar-refractivity contribution >= 4 is 11.9 Å². The van der Waals surface area contributed by atoms with E-state index in [1.807, 2.05) is 11.6 Å². The zero-order chi connectivity index (χ0) is 19.4. The Labute approximate surface area is 161 Å². The van der Waals surface area contributed by atoms with E-state index in [0.29, 0.717) is 12.0 Å². The molecule has 1 saturated carbocycles. The van der Waals surface area contributed by atoms with E-state index in [0.717, 1.165) is 43.4 Å². The third-order valence-electron chi connectivity index (χ3n) is 5.61. The van der Waals surface area contributed by atoms with E-state index >= 15 is 0 Å². The van der Waals surface area contributed by atoms with Gasteiger partial charge in [0.2, 0.25) is 5.91 Å². The summed E-state index contributed by atoms with van der Waals surface area (Å²) < 4.78 is 1.99. The molecule has 0 spiro atoms. The molecule has 1 aliphatic heterocycles. The second-order valence-electron chi connectivity index (χ2n) is 8.10. The van der Waals surface area contributed by atoms with Gasteiger partial charge in [0.25, 0.3) is 0 Å². The Morgan fingerprint density at radius 3 is 2.78 bits per heavy atom. The minimum absolute atomic E-state index is 0.00521. The lowest BCUT2D eigenvalue weighted by molar-refractivity contribution is -0.127. The number of nitrogens with zero attached hydrogens (tertiary/aromatic N) is 5. The first kappa shape index (κ1) is 19.6. The molecule has 1 amide bonds. The van der Waals surface area contributed by atoms with E-state index in [1.54, 1.807) is 19.0 Å². The summed E-state index contributed by atoms with van der Waals surface area (Å²) in [5.41, 5.74) is 0. The van der Waals surface area contributed by atoms with Gasteiger partial charge in [0, 0.05) is 32.6 Å². The molecule has 150 valence electrons. The predicted octanol–water partition coefficient (Wildman–Crippen LogP) is 1.10. The lowest BCUT2D eigenvalue weighted by Gasteiger charge is -2.33. The van der Waals surface area contributed by atoms with E-state index in [4.69, 9.17) is 0 Å². The van der Waals surface area contributed by atoms with Crippen LogP contribution in [0.1, 0.15) is 50.7 Å². The second-order valence-corrected chi connectivity index (χ2v) is 8.10. The molecule has 0 bridgehead atoms. The molecule has 1 aliphatic carbocycles. The molecule has 0 aromatic carbocycles. The topological polar surface area (TPSA) is 87.4 Å². The molecule has 27 heavy (non-hydrogen) atoms. The quantitative estimate of drug-likeness (QED) is 0.608. The van der Waals surface area contributed by atoms with Crippen LogP contribution in [0, 0.1) is 12.8 Å². The molecule has 2 heterocycles. The van der Waals surface area contributed by atoms with Gasteiger partial charge in [-0.3, -0.25) is 4.79 Å². The van der Waals surface area contributed by atoms with Gasteiger partial charge in [-0.15, -0.1) is 0 Å². The summed E-state index contributed by atoms with van der Waals surface area (Å²) >= 11 is 0. The summed E-state index contributed by atoms with van der Waals surface area (Å²) in [7, 11) is 3.52. The van der Waals surface area contributed by atoms with Crippen molar-refractivity contribution in [3.05, 3.63) is 11.6 Å². The summed E-state index contributed by atoms with van der Waals surface area (Å²) in [6, 6.07) is 0.644. The number of likely N-dealkylation sites (N-methyl/N-ethyl adjacent to an activating group) is 1. The predicted molar refractivity (Wildman–Crippen MR) is 106 cm³/mol. The number of fused-ring (bicyclic) bond motifs is 1. The smallest absolute Gasteiger partial charge is 0.243 e. The molecule has 1 aromatic heterocycles. The first-order valence-corrected chi connectivity index (χ1v) is 10.1. The van der Waals surface area contributed by atoms with Crippen molar-refractivity contribution in [2.75, 3.05) is 20.6 Å². The van der Waals surface area contributed by atoms with Crippen molar-refractivity contribution in [2.45, 2.75) is 71.0 Å². The van der Waals surface area contributed by atoms with Gasteiger partial charge in [-0.25, -0.2) is 14.7 Å². The molecular weight excluding hydrogens is 342 g/mol. The fourth-order valence-electron chi connectivity index (χ4n) is 3.87. The van der Waals surface area contributed by atoms with Crippen molar-refractivity contribution in [3.8, 4) is 0 Å². The van der Waals surface area contributed by atoms with Crippen LogP contribution in [0.5, 0.6) is 0 Å². The fourth-order valence-corrected chi connectivity index (χ4v) is 3.87. The van der Waals surface area contributed by atoms with E-state index < -0.39 is 0 Å². The van der Waals surface area contributed by atoms with Crippen LogP contribution in [0.3, 0.4) is 0 Å². The Kier molecular flexibility index (Phi) is 6.34. The van der Waals surface area contributed by atoms with Gasteiger partial charge in [-0.1, -0.05) is 19.8 Å². The maximum Gasteiger partial charge on any atom is 0.243 e. The number of aryl methyl sites for hydroxylation is 2. The van der Waals surface area contributed by atoms with Gasteiger partial charge in [0.1, 0.15) is 18.2 Å². The maximum atomic E-state index is 12.0. The molecule has 8 nitrogen and oxygen atoms in total. The second kappa shape index (κ2) is 8.71. The number of aromatic nitrogens is 3. The van der Waals surface area contributed by atoms with Crippen LogP contribution in [0.2, 0.25) is 0 Å². The molecule has 1 aromatic rings. The van der Waals surface area contributed by atoms with Crippen LogP contribution in [-0.4, -0.2) is 64.3 Å². The van der Waals surface area contributed by atoms with Gasteiger partial charge in [-0.05, 0) is 32.1 Å².